The molecule has 2 aromatic rings. The van der Waals surface area contributed by atoms with E-state index in [2.05, 4.69) is 25.5 Å². The van der Waals surface area contributed by atoms with Crippen molar-refractivity contribution in [2.75, 3.05) is 18.0 Å². The predicted octanol–water partition coefficient (Wildman–Crippen LogP) is 0.716. The van der Waals surface area contributed by atoms with Gasteiger partial charge >= 0.3 is 0 Å². The second kappa shape index (κ2) is 4.41. The van der Waals surface area contributed by atoms with Gasteiger partial charge in [0.05, 0.1) is 5.92 Å². The van der Waals surface area contributed by atoms with E-state index in [-0.39, 0.29) is 11.8 Å². The average Bonchev–Trinajstić information content (AvgIpc) is 3.38. The minimum atomic E-state index is 0.0990. The number of anilines is 1. The van der Waals surface area contributed by atoms with Gasteiger partial charge in [0.2, 0.25) is 5.91 Å². The number of nitrogens with one attached hydrogen (secondary N) is 1. The summed E-state index contributed by atoms with van der Waals surface area (Å²) in [6.07, 6.45) is 4.63. The zero-order valence-corrected chi connectivity index (χ0v) is 12.3. The van der Waals surface area contributed by atoms with Crippen LogP contribution in [0, 0.1) is 5.92 Å². The van der Waals surface area contributed by atoms with Crippen LogP contribution in [0.3, 0.4) is 0 Å². The van der Waals surface area contributed by atoms with Gasteiger partial charge in [-0.15, -0.1) is 15.3 Å². The molecule has 1 aliphatic heterocycles. The van der Waals surface area contributed by atoms with Gasteiger partial charge in [-0.05, 0) is 37.8 Å². The lowest BCUT2D eigenvalue weighted by molar-refractivity contribution is -0.125. The molecule has 0 radical (unpaired) electrons. The molecule has 2 saturated carbocycles. The summed E-state index contributed by atoms with van der Waals surface area (Å²) < 4.78 is 1.87. The Balaban J connectivity index is 1.32. The highest BCUT2D eigenvalue weighted by Crippen LogP contribution is 2.39. The Hall–Kier alpha value is -2.18. The van der Waals surface area contributed by atoms with Gasteiger partial charge in [0.15, 0.2) is 11.5 Å². The lowest BCUT2D eigenvalue weighted by Crippen LogP contribution is -2.54. The normalized spacial score (nSPS) is 21.9. The highest BCUT2D eigenvalue weighted by Gasteiger charge is 2.36. The smallest absolute Gasteiger partial charge is 0.226 e. The first-order valence-electron chi connectivity index (χ1n) is 8.05. The molecule has 2 aliphatic carbocycles. The summed E-state index contributed by atoms with van der Waals surface area (Å²) in [6.45, 7) is 1.50. The standard InChI is InChI=1S/C15H18N6O/c22-15(16-11-3-4-11)10-7-20(8-10)13-6-5-12-17-18-14(9-1-2-9)21(12)19-13/h5-6,9-11H,1-4,7-8H2,(H,16,22). The molecule has 0 aromatic carbocycles. The van der Waals surface area contributed by atoms with E-state index in [1.54, 1.807) is 0 Å². The summed E-state index contributed by atoms with van der Waals surface area (Å²) in [6, 6.07) is 4.36. The molecule has 1 amide bonds. The Labute approximate surface area is 127 Å². The second-order valence-corrected chi connectivity index (χ2v) is 6.68. The molecule has 1 N–H and O–H groups in total. The fourth-order valence-electron chi connectivity index (χ4n) is 2.94. The number of hydrogen-bond donors (Lipinski definition) is 1. The molecule has 5 rings (SSSR count). The van der Waals surface area contributed by atoms with Crippen molar-refractivity contribution < 1.29 is 4.79 Å². The van der Waals surface area contributed by atoms with Gasteiger partial charge in [-0.25, -0.2) is 0 Å². The molecule has 2 aromatic heterocycles. The third-order valence-electron chi connectivity index (χ3n) is 4.72. The minimum Gasteiger partial charge on any atom is -0.353 e. The van der Waals surface area contributed by atoms with E-state index in [9.17, 15) is 4.79 Å². The van der Waals surface area contributed by atoms with Crippen molar-refractivity contribution in [3.63, 3.8) is 0 Å². The maximum Gasteiger partial charge on any atom is 0.226 e. The lowest BCUT2D eigenvalue weighted by Gasteiger charge is -2.38. The van der Waals surface area contributed by atoms with Crippen molar-refractivity contribution in [3.8, 4) is 0 Å². The molecule has 3 fully saturated rings. The van der Waals surface area contributed by atoms with Gasteiger partial charge in [0.25, 0.3) is 0 Å². The summed E-state index contributed by atoms with van der Waals surface area (Å²) in [5.74, 6) is 2.70. The van der Waals surface area contributed by atoms with Gasteiger partial charge < -0.3 is 10.2 Å². The number of carbonyl (C=O) groups is 1. The zero-order chi connectivity index (χ0) is 14.7. The lowest BCUT2D eigenvalue weighted by atomic mass is 9.99. The molecule has 0 unspecified atom stereocenters. The molecule has 0 bridgehead atoms. The molecule has 3 heterocycles. The Bertz CT molecular complexity index is 742. The van der Waals surface area contributed by atoms with Crippen LogP contribution < -0.4 is 10.2 Å². The van der Waals surface area contributed by atoms with Crippen LogP contribution in [0.4, 0.5) is 5.82 Å². The molecule has 7 heteroatoms. The van der Waals surface area contributed by atoms with Gasteiger partial charge in [0, 0.05) is 25.0 Å². The first kappa shape index (κ1) is 12.4. The van der Waals surface area contributed by atoms with Crippen molar-refractivity contribution >= 4 is 17.4 Å². The van der Waals surface area contributed by atoms with Crippen molar-refractivity contribution in [2.45, 2.75) is 37.6 Å². The van der Waals surface area contributed by atoms with Crippen molar-refractivity contribution in [2.24, 2.45) is 5.92 Å². The molecular formula is C15H18N6O. The van der Waals surface area contributed by atoms with E-state index < -0.39 is 0 Å². The van der Waals surface area contributed by atoms with Crippen LogP contribution in [0.15, 0.2) is 12.1 Å². The van der Waals surface area contributed by atoms with Crippen LogP contribution in [0.2, 0.25) is 0 Å². The van der Waals surface area contributed by atoms with E-state index in [0.29, 0.717) is 12.0 Å². The third kappa shape index (κ3) is 2.03. The van der Waals surface area contributed by atoms with E-state index in [0.717, 1.165) is 43.2 Å². The summed E-state index contributed by atoms with van der Waals surface area (Å²) >= 11 is 0. The summed E-state index contributed by atoms with van der Waals surface area (Å²) in [4.78, 5) is 14.1. The van der Waals surface area contributed by atoms with Crippen LogP contribution in [0.1, 0.15) is 37.4 Å². The number of nitrogens with zero attached hydrogens (tertiary/aromatic N) is 5. The van der Waals surface area contributed by atoms with Crippen LogP contribution in [-0.2, 0) is 4.79 Å². The molecule has 3 aliphatic rings. The van der Waals surface area contributed by atoms with Crippen molar-refractivity contribution in [1.82, 2.24) is 25.1 Å². The maximum absolute atomic E-state index is 12.0. The first-order valence-corrected chi connectivity index (χ1v) is 8.05. The third-order valence-corrected chi connectivity index (χ3v) is 4.72. The van der Waals surface area contributed by atoms with Gasteiger partial charge in [-0.1, -0.05) is 0 Å². The van der Waals surface area contributed by atoms with Gasteiger partial charge in [-0.3, -0.25) is 4.79 Å². The van der Waals surface area contributed by atoms with Crippen LogP contribution in [0.25, 0.3) is 5.65 Å². The number of rotatable bonds is 4. The van der Waals surface area contributed by atoms with Gasteiger partial charge in [-0.2, -0.15) is 4.52 Å². The van der Waals surface area contributed by atoms with Crippen LogP contribution in [-0.4, -0.2) is 44.8 Å². The quantitative estimate of drug-likeness (QED) is 0.900. The number of hydrogen-bond acceptors (Lipinski definition) is 5. The number of fused-ring (bicyclic) bond motifs is 1. The monoisotopic (exact) mass is 298 g/mol. The highest BCUT2D eigenvalue weighted by molar-refractivity contribution is 5.82. The second-order valence-electron chi connectivity index (χ2n) is 6.68. The SMILES string of the molecule is O=C(NC1CC1)C1CN(c2ccc3nnc(C4CC4)n3n2)C1. The van der Waals surface area contributed by atoms with Crippen LogP contribution >= 0.6 is 0 Å². The average molecular weight is 298 g/mol. The summed E-state index contributed by atoms with van der Waals surface area (Å²) in [5, 5.41) is 16.2. The number of amides is 1. The number of carbonyl (C=O) groups excluding carboxylic acids is 1. The molecule has 22 heavy (non-hydrogen) atoms. The van der Waals surface area contributed by atoms with E-state index in [1.165, 1.54) is 12.8 Å². The Kier molecular flexibility index (Phi) is 2.48. The zero-order valence-electron chi connectivity index (χ0n) is 12.3. The molecule has 1 saturated heterocycles. The maximum atomic E-state index is 12.0. The fourth-order valence-corrected chi connectivity index (χ4v) is 2.94. The molecular weight excluding hydrogens is 280 g/mol. The van der Waals surface area contributed by atoms with Gasteiger partial charge in [0.1, 0.15) is 5.82 Å². The van der Waals surface area contributed by atoms with Crippen molar-refractivity contribution in [3.05, 3.63) is 18.0 Å². The fraction of sp³-hybridized carbons (Fsp3) is 0.600. The highest BCUT2D eigenvalue weighted by atomic mass is 16.2. The van der Waals surface area contributed by atoms with E-state index >= 15 is 0 Å². The molecule has 114 valence electrons. The molecule has 7 nitrogen and oxygen atoms in total. The number of aromatic nitrogens is 4. The molecule has 0 atom stereocenters. The Morgan fingerprint density at radius 1 is 1.14 bits per heavy atom. The van der Waals surface area contributed by atoms with Crippen LogP contribution in [0.5, 0.6) is 0 Å². The Morgan fingerprint density at radius 3 is 2.68 bits per heavy atom. The van der Waals surface area contributed by atoms with Crippen molar-refractivity contribution in [1.29, 1.82) is 0 Å². The summed E-state index contributed by atoms with van der Waals surface area (Å²) in [5.41, 5.74) is 0.800. The molecule has 0 spiro atoms. The Morgan fingerprint density at radius 2 is 1.95 bits per heavy atom. The van der Waals surface area contributed by atoms with E-state index in [1.807, 2.05) is 16.6 Å². The minimum absolute atomic E-state index is 0.0990. The summed E-state index contributed by atoms with van der Waals surface area (Å²) in [7, 11) is 0. The first-order chi connectivity index (χ1) is 10.8. The van der Waals surface area contributed by atoms with E-state index in [4.69, 9.17) is 0 Å². The topological polar surface area (TPSA) is 75.4 Å². The predicted molar refractivity (Wildman–Crippen MR) is 79.6 cm³/mol. The largest absolute Gasteiger partial charge is 0.353 e.